The zero-order valence-electron chi connectivity index (χ0n) is 7.35. The van der Waals surface area contributed by atoms with E-state index in [2.05, 4.69) is 20.4 Å². The highest BCUT2D eigenvalue weighted by Crippen LogP contribution is 2.30. The Morgan fingerprint density at radius 2 is 2.09 bits per heavy atom. The second-order valence-corrected chi connectivity index (χ2v) is 3.21. The predicted octanol–water partition coefficient (Wildman–Crippen LogP) is 1.79. The topological polar surface area (TPSA) is 35.2 Å². The predicted molar refractivity (Wildman–Crippen MR) is 45.7 cm³/mol. The molecule has 0 saturated carbocycles. The Morgan fingerprint density at radius 1 is 1.55 bits per heavy atom. The number of hydrogen-bond donors (Lipinski definition) is 1. The third-order valence-electron chi connectivity index (χ3n) is 1.97. The molecule has 11 heavy (non-hydrogen) atoms. The van der Waals surface area contributed by atoms with Crippen molar-refractivity contribution in [2.75, 3.05) is 0 Å². The van der Waals surface area contributed by atoms with Gasteiger partial charge in [-0.05, 0) is 12.5 Å². The van der Waals surface area contributed by atoms with Crippen molar-refractivity contribution >= 4 is 0 Å². The summed E-state index contributed by atoms with van der Waals surface area (Å²) < 4.78 is 5.41. The minimum Gasteiger partial charge on any atom is -0.475 e. The van der Waals surface area contributed by atoms with Gasteiger partial charge in [0.15, 0.2) is 6.23 Å². The van der Waals surface area contributed by atoms with Crippen LogP contribution in [0.25, 0.3) is 0 Å². The monoisotopic (exact) mass is 153 g/mol. The first-order valence-electron chi connectivity index (χ1n) is 3.86. The van der Waals surface area contributed by atoms with Crippen LogP contribution in [0.15, 0.2) is 23.5 Å². The van der Waals surface area contributed by atoms with Gasteiger partial charge >= 0.3 is 0 Å². The zero-order chi connectivity index (χ0) is 8.59. The van der Waals surface area contributed by atoms with Crippen LogP contribution >= 0.6 is 0 Å². The van der Waals surface area contributed by atoms with Gasteiger partial charge in [0.05, 0.1) is 0 Å². The van der Waals surface area contributed by atoms with E-state index in [0.717, 1.165) is 16.9 Å². The van der Waals surface area contributed by atoms with Crippen LogP contribution in [-0.2, 0) is 4.74 Å². The molecule has 1 atom stereocenters. The van der Waals surface area contributed by atoms with Crippen LogP contribution < -0.4 is 5.73 Å². The van der Waals surface area contributed by atoms with E-state index in [1.807, 2.05) is 6.92 Å². The van der Waals surface area contributed by atoms with E-state index in [-0.39, 0.29) is 6.23 Å². The molecule has 1 rings (SSSR count). The molecule has 0 aliphatic carbocycles. The summed E-state index contributed by atoms with van der Waals surface area (Å²) in [5.41, 5.74) is 7.66. The Labute approximate surface area is 67.7 Å². The first-order chi connectivity index (χ1) is 5.04. The Hall–Kier alpha value is -0.760. The lowest BCUT2D eigenvalue weighted by atomic mass is 10.0. The Kier molecular flexibility index (Phi) is 2.05. The average molecular weight is 153 g/mol. The molecule has 0 bridgehead atoms. The molecule has 1 heterocycles. The van der Waals surface area contributed by atoms with Gasteiger partial charge in [-0.2, -0.15) is 0 Å². The van der Waals surface area contributed by atoms with Crippen LogP contribution in [0.5, 0.6) is 0 Å². The molecule has 2 N–H and O–H groups in total. The highest BCUT2D eigenvalue weighted by atomic mass is 16.5. The maximum atomic E-state index is 5.63. The highest BCUT2D eigenvalue weighted by molar-refractivity contribution is 5.36. The lowest BCUT2D eigenvalue weighted by Gasteiger charge is -2.10. The second kappa shape index (κ2) is 2.70. The van der Waals surface area contributed by atoms with Gasteiger partial charge in [-0.25, -0.2) is 0 Å². The summed E-state index contributed by atoms with van der Waals surface area (Å²) in [5.74, 6) is 1.39. The molecule has 0 saturated heterocycles. The lowest BCUT2D eigenvalue weighted by Crippen LogP contribution is -2.20. The minimum atomic E-state index is -0.313. The van der Waals surface area contributed by atoms with Crippen molar-refractivity contribution in [1.82, 2.24) is 0 Å². The van der Waals surface area contributed by atoms with Crippen LogP contribution in [-0.4, -0.2) is 6.23 Å². The third-order valence-corrected chi connectivity index (χ3v) is 1.97. The molecule has 0 amide bonds. The molecule has 0 spiro atoms. The minimum absolute atomic E-state index is 0.313. The van der Waals surface area contributed by atoms with Crippen molar-refractivity contribution < 1.29 is 4.74 Å². The molecule has 0 fully saturated rings. The number of nitrogens with two attached hydrogens (primary N) is 1. The SMILES string of the molecule is C=C1C(C)=C(C(C)C)OC1N. The Bertz CT molecular complexity index is 216. The first kappa shape index (κ1) is 8.34. The normalized spacial score (nSPS) is 24.8. The van der Waals surface area contributed by atoms with Gasteiger partial charge in [0, 0.05) is 11.5 Å². The Morgan fingerprint density at radius 3 is 2.27 bits per heavy atom. The van der Waals surface area contributed by atoms with E-state index in [4.69, 9.17) is 10.5 Å². The van der Waals surface area contributed by atoms with E-state index in [1.54, 1.807) is 0 Å². The molecular weight excluding hydrogens is 138 g/mol. The summed E-state index contributed by atoms with van der Waals surface area (Å²) in [6.07, 6.45) is -0.313. The summed E-state index contributed by atoms with van der Waals surface area (Å²) in [6.45, 7) is 10.0. The van der Waals surface area contributed by atoms with Crippen molar-refractivity contribution in [3.8, 4) is 0 Å². The van der Waals surface area contributed by atoms with Gasteiger partial charge in [-0.15, -0.1) is 0 Å². The van der Waals surface area contributed by atoms with E-state index in [1.165, 1.54) is 0 Å². The first-order valence-corrected chi connectivity index (χ1v) is 3.86. The van der Waals surface area contributed by atoms with Crippen molar-refractivity contribution in [2.45, 2.75) is 27.0 Å². The molecule has 62 valence electrons. The summed E-state index contributed by atoms with van der Waals surface area (Å²) in [6, 6.07) is 0. The van der Waals surface area contributed by atoms with Crippen LogP contribution in [0, 0.1) is 5.92 Å². The summed E-state index contributed by atoms with van der Waals surface area (Å²) in [7, 11) is 0. The van der Waals surface area contributed by atoms with Crippen LogP contribution in [0.4, 0.5) is 0 Å². The van der Waals surface area contributed by atoms with Crippen molar-refractivity contribution in [3.63, 3.8) is 0 Å². The molecule has 1 aliphatic heterocycles. The van der Waals surface area contributed by atoms with E-state index in [0.29, 0.717) is 5.92 Å². The maximum Gasteiger partial charge on any atom is 0.173 e. The smallest absolute Gasteiger partial charge is 0.173 e. The molecule has 0 aromatic rings. The molecule has 2 heteroatoms. The molecule has 0 radical (unpaired) electrons. The fraction of sp³-hybridized carbons (Fsp3) is 0.556. The van der Waals surface area contributed by atoms with Gasteiger partial charge in [-0.1, -0.05) is 20.4 Å². The van der Waals surface area contributed by atoms with E-state index >= 15 is 0 Å². The molecule has 0 aromatic heterocycles. The molecule has 2 nitrogen and oxygen atoms in total. The van der Waals surface area contributed by atoms with Gasteiger partial charge in [0.1, 0.15) is 5.76 Å². The molecular formula is C9H15NO. The zero-order valence-corrected chi connectivity index (χ0v) is 7.35. The van der Waals surface area contributed by atoms with Crippen LogP contribution in [0.1, 0.15) is 20.8 Å². The van der Waals surface area contributed by atoms with E-state index in [9.17, 15) is 0 Å². The van der Waals surface area contributed by atoms with Crippen molar-refractivity contribution in [1.29, 1.82) is 0 Å². The van der Waals surface area contributed by atoms with Crippen LogP contribution in [0.2, 0.25) is 0 Å². The highest BCUT2D eigenvalue weighted by Gasteiger charge is 2.25. The number of allylic oxidation sites excluding steroid dienone is 1. The maximum absolute atomic E-state index is 5.63. The van der Waals surface area contributed by atoms with Gasteiger partial charge in [0.25, 0.3) is 0 Å². The van der Waals surface area contributed by atoms with E-state index < -0.39 is 0 Å². The van der Waals surface area contributed by atoms with Crippen molar-refractivity contribution in [2.24, 2.45) is 11.7 Å². The third kappa shape index (κ3) is 1.31. The fourth-order valence-electron chi connectivity index (χ4n) is 1.24. The van der Waals surface area contributed by atoms with Crippen molar-refractivity contribution in [3.05, 3.63) is 23.5 Å². The lowest BCUT2D eigenvalue weighted by molar-refractivity contribution is 0.151. The largest absolute Gasteiger partial charge is 0.475 e. The number of ether oxygens (including phenoxy) is 1. The van der Waals surface area contributed by atoms with Gasteiger partial charge in [-0.3, -0.25) is 5.73 Å². The molecule has 0 aromatic carbocycles. The molecule has 1 aliphatic rings. The standard InChI is InChI=1S/C9H15NO/c1-5(2)8-6(3)7(4)9(10)11-8/h5,9H,4,10H2,1-3H3. The van der Waals surface area contributed by atoms with Gasteiger partial charge < -0.3 is 4.74 Å². The Balaban J connectivity index is 2.89. The summed E-state index contributed by atoms with van der Waals surface area (Å²) >= 11 is 0. The second-order valence-electron chi connectivity index (χ2n) is 3.21. The quantitative estimate of drug-likeness (QED) is 0.623. The number of rotatable bonds is 1. The summed E-state index contributed by atoms with van der Waals surface area (Å²) in [4.78, 5) is 0. The molecule has 1 unspecified atom stereocenters. The number of hydrogen-bond acceptors (Lipinski definition) is 2. The van der Waals surface area contributed by atoms with Gasteiger partial charge in [0.2, 0.25) is 0 Å². The fourth-order valence-corrected chi connectivity index (χ4v) is 1.24. The average Bonchev–Trinajstić information content (AvgIpc) is 2.17. The van der Waals surface area contributed by atoms with Crippen LogP contribution in [0.3, 0.4) is 0 Å². The summed E-state index contributed by atoms with van der Waals surface area (Å²) in [5, 5.41) is 0.